The molecule has 23 heavy (non-hydrogen) atoms. The summed E-state index contributed by atoms with van der Waals surface area (Å²) < 4.78 is 0. The van der Waals surface area contributed by atoms with Crippen LogP contribution in [0, 0.1) is 23.7 Å². The van der Waals surface area contributed by atoms with Crippen molar-refractivity contribution in [2.45, 2.75) is 19.3 Å². The number of rotatable bonds is 3. The quantitative estimate of drug-likeness (QED) is 0.804. The summed E-state index contributed by atoms with van der Waals surface area (Å²) in [6, 6.07) is 6.64. The van der Waals surface area contributed by atoms with Gasteiger partial charge in [-0.25, -0.2) is 4.79 Å². The Morgan fingerprint density at radius 2 is 1.65 bits per heavy atom. The third kappa shape index (κ3) is 2.03. The van der Waals surface area contributed by atoms with Gasteiger partial charge in [0.2, 0.25) is 0 Å². The summed E-state index contributed by atoms with van der Waals surface area (Å²) in [6.07, 6.45) is 4.61. The van der Waals surface area contributed by atoms with E-state index in [2.05, 4.69) is 6.58 Å². The largest absolute Gasteiger partial charge is 0.363 e. The fourth-order valence-electron chi connectivity index (χ4n) is 4.36. The lowest BCUT2D eigenvalue weighted by Crippen LogP contribution is -2.35. The minimum absolute atomic E-state index is 0.275. The van der Waals surface area contributed by atoms with Crippen LogP contribution < -0.4 is 0 Å². The summed E-state index contributed by atoms with van der Waals surface area (Å²) in [5.41, 5.74) is 1.18. The SMILES string of the molecule is C=Cc1ccc(C(=O)ON2C(=O)C3C4CCC(C4)C3C2=O)cc1. The average Bonchev–Trinajstić information content (AvgIpc) is 3.24. The van der Waals surface area contributed by atoms with Crippen molar-refractivity contribution in [2.75, 3.05) is 0 Å². The zero-order valence-corrected chi connectivity index (χ0v) is 12.6. The Morgan fingerprint density at radius 1 is 1.09 bits per heavy atom. The molecule has 1 saturated heterocycles. The van der Waals surface area contributed by atoms with Gasteiger partial charge in [0.25, 0.3) is 11.8 Å². The van der Waals surface area contributed by atoms with E-state index in [-0.39, 0.29) is 35.5 Å². The molecule has 5 nitrogen and oxygen atoms in total. The van der Waals surface area contributed by atoms with Crippen LogP contribution in [0.15, 0.2) is 30.8 Å². The van der Waals surface area contributed by atoms with Gasteiger partial charge in [0, 0.05) is 0 Å². The molecule has 4 unspecified atom stereocenters. The Labute approximate surface area is 133 Å². The summed E-state index contributed by atoms with van der Waals surface area (Å²) in [7, 11) is 0. The first-order chi connectivity index (χ1) is 11.1. The minimum Gasteiger partial charge on any atom is -0.325 e. The molecule has 3 fully saturated rings. The first-order valence-electron chi connectivity index (χ1n) is 7.92. The van der Waals surface area contributed by atoms with Crippen molar-refractivity contribution in [3.8, 4) is 0 Å². The van der Waals surface area contributed by atoms with Gasteiger partial charge >= 0.3 is 5.97 Å². The molecule has 1 heterocycles. The Bertz CT molecular complexity index is 680. The fraction of sp³-hybridized carbons (Fsp3) is 0.389. The number of carbonyl (C=O) groups excluding carboxylic acids is 3. The van der Waals surface area contributed by atoms with Gasteiger partial charge in [0.15, 0.2) is 0 Å². The fourth-order valence-corrected chi connectivity index (χ4v) is 4.36. The second-order valence-corrected chi connectivity index (χ2v) is 6.56. The van der Waals surface area contributed by atoms with Crippen molar-refractivity contribution >= 4 is 23.9 Å². The van der Waals surface area contributed by atoms with E-state index in [1.54, 1.807) is 30.3 Å². The highest BCUT2D eigenvalue weighted by Gasteiger charge is 2.62. The Balaban J connectivity index is 1.52. The van der Waals surface area contributed by atoms with Gasteiger partial charge in [-0.3, -0.25) is 9.59 Å². The summed E-state index contributed by atoms with van der Waals surface area (Å²) in [5, 5.41) is 0.712. The van der Waals surface area contributed by atoms with E-state index in [1.165, 1.54) is 0 Å². The standard InChI is InChI=1S/C18H17NO4/c1-2-10-3-5-11(6-4-10)18(22)23-19-16(20)14-12-7-8-13(9-12)15(14)17(19)21/h2-6,12-15H,1,7-9H2. The summed E-state index contributed by atoms with van der Waals surface area (Å²) in [5.74, 6) is -1.38. The monoisotopic (exact) mass is 311 g/mol. The number of benzene rings is 1. The predicted octanol–water partition coefficient (Wildman–Crippen LogP) is 2.43. The van der Waals surface area contributed by atoms with E-state index in [9.17, 15) is 14.4 Å². The van der Waals surface area contributed by atoms with Gasteiger partial charge in [0.05, 0.1) is 17.4 Å². The maximum atomic E-state index is 12.5. The number of imide groups is 1. The molecule has 1 aliphatic heterocycles. The van der Waals surface area contributed by atoms with Crippen LogP contribution in [0.2, 0.25) is 0 Å². The van der Waals surface area contributed by atoms with Gasteiger partial charge in [-0.15, -0.1) is 5.06 Å². The summed E-state index contributed by atoms with van der Waals surface area (Å²) in [4.78, 5) is 42.3. The highest BCUT2D eigenvalue weighted by molar-refractivity contribution is 6.06. The van der Waals surface area contributed by atoms with E-state index in [0.717, 1.165) is 24.8 Å². The summed E-state index contributed by atoms with van der Waals surface area (Å²) >= 11 is 0. The second kappa shape index (κ2) is 5.05. The van der Waals surface area contributed by atoms with Crippen LogP contribution in [-0.2, 0) is 14.4 Å². The van der Waals surface area contributed by atoms with Gasteiger partial charge in [-0.05, 0) is 48.8 Å². The maximum absolute atomic E-state index is 12.5. The minimum atomic E-state index is -0.686. The molecule has 3 aliphatic rings. The van der Waals surface area contributed by atoms with Gasteiger partial charge in [0.1, 0.15) is 0 Å². The number of fused-ring (bicyclic) bond motifs is 5. The molecule has 0 N–H and O–H groups in total. The molecule has 2 amide bonds. The van der Waals surface area contributed by atoms with E-state index >= 15 is 0 Å². The van der Waals surface area contributed by atoms with E-state index in [1.807, 2.05) is 0 Å². The molecule has 118 valence electrons. The lowest BCUT2D eigenvalue weighted by Gasteiger charge is -2.18. The van der Waals surface area contributed by atoms with Crippen molar-refractivity contribution in [1.29, 1.82) is 0 Å². The van der Waals surface area contributed by atoms with E-state index < -0.39 is 5.97 Å². The first-order valence-corrected chi connectivity index (χ1v) is 7.92. The number of hydrogen-bond acceptors (Lipinski definition) is 4. The van der Waals surface area contributed by atoms with Gasteiger partial charge < -0.3 is 4.84 Å². The van der Waals surface area contributed by atoms with Crippen LogP contribution >= 0.6 is 0 Å². The Hall–Kier alpha value is -2.43. The lowest BCUT2D eigenvalue weighted by molar-refractivity contribution is -0.175. The van der Waals surface area contributed by atoms with Crippen LogP contribution in [0.5, 0.6) is 0 Å². The number of amides is 2. The molecule has 4 atom stereocenters. The van der Waals surface area contributed by atoms with Crippen LogP contribution in [0.25, 0.3) is 6.08 Å². The predicted molar refractivity (Wildman–Crippen MR) is 81.6 cm³/mol. The van der Waals surface area contributed by atoms with E-state index in [0.29, 0.717) is 10.6 Å². The average molecular weight is 311 g/mol. The van der Waals surface area contributed by atoms with Crippen molar-refractivity contribution < 1.29 is 19.2 Å². The third-order valence-electron chi connectivity index (χ3n) is 5.44. The first kappa shape index (κ1) is 14.2. The number of hydrogen-bond donors (Lipinski definition) is 0. The van der Waals surface area contributed by atoms with Crippen molar-refractivity contribution in [2.24, 2.45) is 23.7 Å². The van der Waals surface area contributed by atoms with Crippen LogP contribution in [-0.4, -0.2) is 22.8 Å². The molecule has 2 bridgehead atoms. The highest BCUT2D eigenvalue weighted by Crippen LogP contribution is 2.56. The summed E-state index contributed by atoms with van der Waals surface area (Å²) in [6.45, 7) is 3.65. The molecular formula is C18H17NO4. The van der Waals surface area contributed by atoms with Crippen LogP contribution in [0.3, 0.4) is 0 Å². The van der Waals surface area contributed by atoms with Crippen LogP contribution in [0.1, 0.15) is 35.2 Å². The third-order valence-corrected chi connectivity index (χ3v) is 5.44. The molecule has 4 rings (SSSR count). The molecule has 0 radical (unpaired) electrons. The number of carbonyl (C=O) groups is 3. The Kier molecular flexibility index (Phi) is 3.11. The Morgan fingerprint density at radius 3 is 2.17 bits per heavy atom. The molecule has 0 spiro atoms. The molecule has 2 aliphatic carbocycles. The molecule has 5 heteroatoms. The van der Waals surface area contributed by atoms with Gasteiger partial charge in [-0.2, -0.15) is 0 Å². The zero-order valence-electron chi connectivity index (χ0n) is 12.6. The lowest BCUT2D eigenvalue weighted by atomic mass is 9.81. The normalized spacial score (nSPS) is 31.4. The molecule has 1 aromatic carbocycles. The zero-order chi connectivity index (χ0) is 16.1. The highest BCUT2D eigenvalue weighted by atomic mass is 16.7. The number of nitrogens with zero attached hydrogens (tertiary/aromatic N) is 1. The van der Waals surface area contributed by atoms with Gasteiger partial charge in [-0.1, -0.05) is 24.8 Å². The second-order valence-electron chi connectivity index (χ2n) is 6.56. The molecule has 2 saturated carbocycles. The molecule has 0 aromatic heterocycles. The molecule has 1 aromatic rings. The smallest absolute Gasteiger partial charge is 0.325 e. The molecular weight excluding hydrogens is 294 g/mol. The van der Waals surface area contributed by atoms with Crippen molar-refractivity contribution in [3.63, 3.8) is 0 Å². The van der Waals surface area contributed by atoms with E-state index in [4.69, 9.17) is 4.84 Å². The maximum Gasteiger partial charge on any atom is 0.363 e. The van der Waals surface area contributed by atoms with Crippen molar-refractivity contribution in [1.82, 2.24) is 5.06 Å². The number of hydroxylamine groups is 2. The van der Waals surface area contributed by atoms with Crippen LogP contribution in [0.4, 0.5) is 0 Å². The van der Waals surface area contributed by atoms with Crippen molar-refractivity contribution in [3.05, 3.63) is 42.0 Å². The topological polar surface area (TPSA) is 63.7 Å².